The third-order valence-electron chi connectivity index (χ3n) is 4.12. The first-order chi connectivity index (χ1) is 12.0. The topological polar surface area (TPSA) is 65.2 Å². The fourth-order valence-electron chi connectivity index (χ4n) is 2.95. The molecule has 25 heavy (non-hydrogen) atoms. The lowest BCUT2D eigenvalue weighted by molar-refractivity contribution is -0.135. The molecule has 3 aromatic rings. The minimum absolute atomic E-state index is 0.0890. The van der Waals surface area contributed by atoms with Crippen molar-refractivity contribution in [3.8, 4) is 0 Å². The van der Waals surface area contributed by atoms with E-state index in [-0.39, 0.29) is 11.8 Å². The lowest BCUT2D eigenvalue weighted by atomic mass is 10.0. The number of aromatic nitrogens is 1. The number of fused-ring (bicyclic) bond motifs is 1. The highest BCUT2D eigenvalue weighted by molar-refractivity contribution is 7.09. The zero-order valence-electron chi connectivity index (χ0n) is 14.3. The maximum atomic E-state index is 12.9. The maximum absolute atomic E-state index is 12.9. The number of nitrogens with one attached hydrogen (secondary N) is 2. The van der Waals surface area contributed by atoms with Crippen LogP contribution in [0.3, 0.4) is 0 Å². The quantitative estimate of drug-likeness (QED) is 0.714. The molecule has 130 valence electrons. The molecule has 0 fully saturated rings. The Bertz CT molecular complexity index is 870. The number of thiophene rings is 1. The second-order valence-corrected chi connectivity index (χ2v) is 7.12. The Morgan fingerprint density at radius 3 is 2.76 bits per heavy atom. The molecule has 2 aromatic heterocycles. The van der Waals surface area contributed by atoms with Crippen LogP contribution in [-0.4, -0.2) is 34.8 Å². The van der Waals surface area contributed by atoms with Crippen LogP contribution in [0.15, 0.2) is 48.0 Å². The molecule has 1 atom stereocenters. The first-order valence-electron chi connectivity index (χ1n) is 8.14. The van der Waals surface area contributed by atoms with E-state index in [0.717, 1.165) is 21.3 Å². The number of carbonyl (C=O) groups excluding carboxylic acids is 2. The van der Waals surface area contributed by atoms with Gasteiger partial charge in [0.15, 0.2) is 0 Å². The lowest BCUT2D eigenvalue weighted by Crippen LogP contribution is -2.47. The fourth-order valence-corrected chi connectivity index (χ4v) is 3.70. The van der Waals surface area contributed by atoms with Gasteiger partial charge in [0, 0.05) is 42.4 Å². The number of nitrogens with zero attached hydrogens (tertiary/aromatic N) is 1. The average Bonchev–Trinajstić information content (AvgIpc) is 3.23. The van der Waals surface area contributed by atoms with Crippen LogP contribution >= 0.6 is 11.3 Å². The molecule has 3 rings (SSSR count). The van der Waals surface area contributed by atoms with Crippen LogP contribution in [0.25, 0.3) is 10.9 Å². The molecule has 0 bridgehead atoms. The minimum Gasteiger partial charge on any atom is -0.361 e. The molecule has 0 saturated heterocycles. The van der Waals surface area contributed by atoms with Crippen molar-refractivity contribution in [1.29, 1.82) is 0 Å². The standard InChI is InChI=1S/C19H21N3O2S/c1-13(23)21-18(19(24)22(2)12-15-6-5-9-25-15)10-14-11-20-17-8-4-3-7-16(14)17/h3-9,11,18,20H,10,12H2,1-2H3,(H,21,23). The van der Waals surface area contributed by atoms with Gasteiger partial charge in [-0.05, 0) is 23.1 Å². The first-order valence-corrected chi connectivity index (χ1v) is 9.02. The molecule has 0 aliphatic heterocycles. The smallest absolute Gasteiger partial charge is 0.245 e. The first kappa shape index (κ1) is 17.2. The predicted molar refractivity (Wildman–Crippen MR) is 100 cm³/mol. The second kappa shape index (κ2) is 7.53. The van der Waals surface area contributed by atoms with E-state index in [1.54, 1.807) is 23.3 Å². The maximum Gasteiger partial charge on any atom is 0.245 e. The summed E-state index contributed by atoms with van der Waals surface area (Å²) in [6.45, 7) is 1.98. The van der Waals surface area contributed by atoms with Crippen molar-refractivity contribution in [2.75, 3.05) is 7.05 Å². The summed E-state index contributed by atoms with van der Waals surface area (Å²) in [6, 6.07) is 11.3. The molecule has 5 nitrogen and oxygen atoms in total. The van der Waals surface area contributed by atoms with Crippen LogP contribution in [0, 0.1) is 0 Å². The SMILES string of the molecule is CC(=O)NC(Cc1c[nH]c2ccccc12)C(=O)N(C)Cc1cccs1. The number of hydrogen-bond donors (Lipinski definition) is 2. The van der Waals surface area contributed by atoms with Crippen LogP contribution in [0.5, 0.6) is 0 Å². The van der Waals surface area contributed by atoms with E-state index in [1.165, 1.54) is 6.92 Å². The summed E-state index contributed by atoms with van der Waals surface area (Å²) in [4.78, 5) is 30.5. The van der Waals surface area contributed by atoms with Gasteiger partial charge in [-0.1, -0.05) is 24.3 Å². The summed E-state index contributed by atoms with van der Waals surface area (Å²) in [5.74, 6) is -0.295. The Kier molecular flexibility index (Phi) is 5.19. The number of benzene rings is 1. The normalized spacial score (nSPS) is 12.1. The molecular weight excluding hydrogens is 334 g/mol. The summed E-state index contributed by atoms with van der Waals surface area (Å²) in [5.41, 5.74) is 2.05. The molecule has 0 radical (unpaired) electrons. The molecule has 0 saturated carbocycles. The van der Waals surface area contributed by atoms with Crippen molar-refractivity contribution in [1.82, 2.24) is 15.2 Å². The molecule has 2 amide bonds. The van der Waals surface area contributed by atoms with Gasteiger partial charge in [-0.3, -0.25) is 9.59 Å². The van der Waals surface area contributed by atoms with Crippen LogP contribution < -0.4 is 5.32 Å². The van der Waals surface area contributed by atoms with Gasteiger partial charge in [0.25, 0.3) is 0 Å². The van der Waals surface area contributed by atoms with Crippen LogP contribution in [0.4, 0.5) is 0 Å². The van der Waals surface area contributed by atoms with Crippen molar-refractivity contribution >= 4 is 34.1 Å². The number of para-hydroxylation sites is 1. The molecule has 0 aliphatic rings. The van der Waals surface area contributed by atoms with E-state index in [2.05, 4.69) is 10.3 Å². The Balaban J connectivity index is 1.79. The number of H-pyrrole nitrogens is 1. The predicted octanol–water partition coefficient (Wildman–Crippen LogP) is 2.94. The van der Waals surface area contributed by atoms with Crippen molar-refractivity contribution in [3.63, 3.8) is 0 Å². The monoisotopic (exact) mass is 355 g/mol. The van der Waals surface area contributed by atoms with Gasteiger partial charge in [0.2, 0.25) is 11.8 Å². The van der Waals surface area contributed by atoms with Crippen molar-refractivity contribution in [2.24, 2.45) is 0 Å². The third kappa shape index (κ3) is 4.09. The van der Waals surface area contributed by atoms with Gasteiger partial charge >= 0.3 is 0 Å². The number of likely N-dealkylation sites (N-methyl/N-ethyl adjacent to an activating group) is 1. The summed E-state index contributed by atoms with van der Waals surface area (Å²) < 4.78 is 0. The number of rotatable bonds is 6. The zero-order valence-corrected chi connectivity index (χ0v) is 15.1. The second-order valence-electron chi connectivity index (χ2n) is 6.09. The summed E-state index contributed by atoms with van der Waals surface area (Å²) in [7, 11) is 1.77. The summed E-state index contributed by atoms with van der Waals surface area (Å²) in [5, 5.41) is 5.87. The van der Waals surface area contributed by atoms with Crippen molar-refractivity contribution in [2.45, 2.75) is 25.9 Å². The Hall–Kier alpha value is -2.60. The van der Waals surface area contributed by atoms with Crippen LogP contribution in [0.1, 0.15) is 17.4 Å². The van der Waals surface area contributed by atoms with E-state index < -0.39 is 6.04 Å². The van der Waals surface area contributed by atoms with Gasteiger partial charge in [0.05, 0.1) is 6.54 Å². The van der Waals surface area contributed by atoms with Gasteiger partial charge in [-0.2, -0.15) is 0 Å². The average molecular weight is 355 g/mol. The van der Waals surface area contributed by atoms with Gasteiger partial charge in [-0.15, -0.1) is 11.3 Å². The van der Waals surface area contributed by atoms with E-state index >= 15 is 0 Å². The molecule has 1 aromatic carbocycles. The highest BCUT2D eigenvalue weighted by Crippen LogP contribution is 2.20. The number of hydrogen-bond acceptors (Lipinski definition) is 3. The number of aromatic amines is 1. The molecular formula is C19H21N3O2S. The molecule has 2 heterocycles. The highest BCUT2D eigenvalue weighted by Gasteiger charge is 2.24. The lowest BCUT2D eigenvalue weighted by Gasteiger charge is -2.24. The van der Waals surface area contributed by atoms with Crippen LogP contribution in [-0.2, 0) is 22.6 Å². The zero-order chi connectivity index (χ0) is 17.8. The van der Waals surface area contributed by atoms with Crippen molar-refractivity contribution < 1.29 is 9.59 Å². The van der Waals surface area contributed by atoms with E-state index in [4.69, 9.17) is 0 Å². The Morgan fingerprint density at radius 1 is 1.24 bits per heavy atom. The van der Waals surface area contributed by atoms with Gasteiger partial charge in [0.1, 0.15) is 6.04 Å². The third-order valence-corrected chi connectivity index (χ3v) is 4.99. The molecule has 0 aliphatic carbocycles. The van der Waals surface area contributed by atoms with Crippen molar-refractivity contribution in [3.05, 3.63) is 58.4 Å². The Morgan fingerprint density at radius 2 is 2.04 bits per heavy atom. The molecule has 0 spiro atoms. The summed E-state index contributed by atoms with van der Waals surface area (Å²) in [6.07, 6.45) is 2.36. The molecule has 1 unspecified atom stereocenters. The van der Waals surface area contributed by atoms with E-state index in [0.29, 0.717) is 13.0 Å². The van der Waals surface area contributed by atoms with E-state index in [9.17, 15) is 9.59 Å². The minimum atomic E-state index is -0.582. The Labute approximate surface area is 150 Å². The largest absolute Gasteiger partial charge is 0.361 e. The summed E-state index contributed by atoms with van der Waals surface area (Å²) >= 11 is 1.62. The van der Waals surface area contributed by atoms with E-state index in [1.807, 2.05) is 48.0 Å². The van der Waals surface area contributed by atoms with Gasteiger partial charge in [-0.25, -0.2) is 0 Å². The van der Waals surface area contributed by atoms with Gasteiger partial charge < -0.3 is 15.2 Å². The van der Waals surface area contributed by atoms with Crippen LogP contribution in [0.2, 0.25) is 0 Å². The highest BCUT2D eigenvalue weighted by atomic mass is 32.1. The number of amides is 2. The molecule has 2 N–H and O–H groups in total. The molecule has 6 heteroatoms. The number of carbonyl (C=O) groups is 2. The fraction of sp³-hybridized carbons (Fsp3) is 0.263.